The minimum absolute atomic E-state index is 0.759. The molecule has 0 radical (unpaired) electrons. The predicted molar refractivity (Wildman–Crippen MR) is 72.1 cm³/mol. The van der Waals surface area contributed by atoms with Gasteiger partial charge in [-0.05, 0) is 30.9 Å². The third-order valence-electron chi connectivity index (χ3n) is 2.68. The predicted octanol–water partition coefficient (Wildman–Crippen LogP) is 3.55. The normalized spacial score (nSPS) is 10.4. The Morgan fingerprint density at radius 3 is 2.53 bits per heavy atom. The molecule has 3 heteroatoms. The van der Waals surface area contributed by atoms with Gasteiger partial charge < -0.3 is 14.8 Å². The van der Waals surface area contributed by atoms with Crippen molar-refractivity contribution in [3.05, 3.63) is 18.2 Å². The van der Waals surface area contributed by atoms with Crippen LogP contribution in [0.5, 0.6) is 11.5 Å². The molecule has 0 saturated heterocycles. The van der Waals surface area contributed by atoms with Crippen LogP contribution in [0.2, 0.25) is 0 Å². The van der Waals surface area contributed by atoms with E-state index in [1.165, 1.54) is 12.8 Å². The van der Waals surface area contributed by atoms with Crippen LogP contribution in [0.25, 0.3) is 0 Å². The fraction of sp³-hybridized carbons (Fsp3) is 0.571. The molecule has 0 saturated carbocycles. The highest BCUT2D eigenvalue weighted by Gasteiger charge is 2.04. The summed E-state index contributed by atoms with van der Waals surface area (Å²) in [5.41, 5.74) is 1.03. The Hall–Kier alpha value is -1.38. The SMILES string of the molecule is COc1ccc(NCCCC(C)C)c(OC)c1. The van der Waals surface area contributed by atoms with Crippen molar-refractivity contribution in [3.63, 3.8) is 0 Å². The molecule has 0 aliphatic carbocycles. The summed E-state index contributed by atoms with van der Waals surface area (Å²) in [4.78, 5) is 0. The van der Waals surface area contributed by atoms with Crippen molar-refractivity contribution < 1.29 is 9.47 Å². The molecule has 96 valence electrons. The number of rotatable bonds is 7. The monoisotopic (exact) mass is 237 g/mol. The highest BCUT2D eigenvalue weighted by Crippen LogP contribution is 2.28. The zero-order chi connectivity index (χ0) is 12.7. The van der Waals surface area contributed by atoms with Crippen molar-refractivity contribution in [3.8, 4) is 11.5 Å². The second-order valence-electron chi connectivity index (χ2n) is 4.53. The summed E-state index contributed by atoms with van der Waals surface area (Å²) >= 11 is 0. The van der Waals surface area contributed by atoms with E-state index in [2.05, 4.69) is 19.2 Å². The molecule has 0 aromatic heterocycles. The quantitative estimate of drug-likeness (QED) is 0.736. The summed E-state index contributed by atoms with van der Waals surface area (Å²) in [5, 5.41) is 3.39. The lowest BCUT2D eigenvalue weighted by molar-refractivity contribution is 0.395. The Bertz CT molecular complexity index is 337. The van der Waals surface area contributed by atoms with Crippen molar-refractivity contribution in [2.75, 3.05) is 26.1 Å². The van der Waals surface area contributed by atoms with E-state index >= 15 is 0 Å². The average Bonchev–Trinajstić information content (AvgIpc) is 2.34. The highest BCUT2D eigenvalue weighted by molar-refractivity contribution is 5.59. The van der Waals surface area contributed by atoms with Gasteiger partial charge in [0.2, 0.25) is 0 Å². The van der Waals surface area contributed by atoms with Crippen LogP contribution in [0.15, 0.2) is 18.2 Å². The number of nitrogens with one attached hydrogen (secondary N) is 1. The van der Waals surface area contributed by atoms with E-state index in [4.69, 9.17) is 9.47 Å². The zero-order valence-corrected chi connectivity index (χ0v) is 11.2. The van der Waals surface area contributed by atoms with E-state index in [-0.39, 0.29) is 0 Å². The fourth-order valence-corrected chi connectivity index (χ4v) is 1.68. The first-order valence-corrected chi connectivity index (χ1v) is 6.13. The molecule has 1 rings (SSSR count). The van der Waals surface area contributed by atoms with E-state index in [9.17, 15) is 0 Å². The summed E-state index contributed by atoms with van der Waals surface area (Å²) in [6.07, 6.45) is 2.42. The minimum Gasteiger partial charge on any atom is -0.497 e. The third kappa shape index (κ3) is 4.55. The molecule has 0 unspecified atom stereocenters. The van der Waals surface area contributed by atoms with Gasteiger partial charge in [-0.1, -0.05) is 13.8 Å². The van der Waals surface area contributed by atoms with Crippen LogP contribution in [-0.4, -0.2) is 20.8 Å². The van der Waals surface area contributed by atoms with Crippen molar-refractivity contribution in [1.29, 1.82) is 0 Å². The second kappa shape index (κ2) is 7.05. The molecule has 0 aliphatic heterocycles. The van der Waals surface area contributed by atoms with Crippen LogP contribution in [-0.2, 0) is 0 Å². The number of methoxy groups -OCH3 is 2. The van der Waals surface area contributed by atoms with Gasteiger partial charge in [0.25, 0.3) is 0 Å². The fourth-order valence-electron chi connectivity index (χ4n) is 1.68. The standard InChI is InChI=1S/C14H23NO2/c1-11(2)6-5-9-15-13-8-7-12(16-3)10-14(13)17-4/h7-8,10-11,15H,5-6,9H2,1-4H3. The minimum atomic E-state index is 0.759. The maximum atomic E-state index is 5.32. The number of ether oxygens (including phenoxy) is 2. The first-order valence-electron chi connectivity index (χ1n) is 6.13. The maximum Gasteiger partial charge on any atom is 0.145 e. The van der Waals surface area contributed by atoms with Crippen LogP contribution in [0, 0.1) is 5.92 Å². The zero-order valence-electron chi connectivity index (χ0n) is 11.2. The number of hydrogen-bond donors (Lipinski definition) is 1. The topological polar surface area (TPSA) is 30.5 Å². The summed E-state index contributed by atoms with van der Waals surface area (Å²) < 4.78 is 10.5. The van der Waals surface area contributed by atoms with Crippen molar-refractivity contribution in [2.24, 2.45) is 5.92 Å². The number of hydrogen-bond acceptors (Lipinski definition) is 3. The molecule has 0 aliphatic rings. The first kappa shape index (κ1) is 13.7. The molecule has 1 aromatic rings. The Morgan fingerprint density at radius 2 is 1.94 bits per heavy atom. The van der Waals surface area contributed by atoms with Gasteiger partial charge in [-0.25, -0.2) is 0 Å². The molecule has 3 nitrogen and oxygen atoms in total. The van der Waals surface area contributed by atoms with Crippen LogP contribution >= 0.6 is 0 Å². The van der Waals surface area contributed by atoms with Crippen LogP contribution in [0.3, 0.4) is 0 Å². The molecule has 1 aromatic carbocycles. The van der Waals surface area contributed by atoms with Gasteiger partial charge in [-0.15, -0.1) is 0 Å². The molecule has 0 amide bonds. The third-order valence-corrected chi connectivity index (χ3v) is 2.68. The Morgan fingerprint density at radius 1 is 1.18 bits per heavy atom. The van der Waals surface area contributed by atoms with E-state index in [1.54, 1.807) is 14.2 Å². The van der Waals surface area contributed by atoms with Gasteiger partial charge in [0.1, 0.15) is 11.5 Å². The van der Waals surface area contributed by atoms with Gasteiger partial charge in [-0.3, -0.25) is 0 Å². The summed E-state index contributed by atoms with van der Waals surface area (Å²) in [6, 6.07) is 5.82. The Balaban J connectivity index is 2.52. The van der Waals surface area contributed by atoms with E-state index in [0.717, 1.165) is 29.6 Å². The largest absolute Gasteiger partial charge is 0.497 e. The number of anilines is 1. The van der Waals surface area contributed by atoms with Crippen LogP contribution in [0.1, 0.15) is 26.7 Å². The molecule has 0 bridgehead atoms. The molecule has 0 fully saturated rings. The molecule has 1 N–H and O–H groups in total. The van der Waals surface area contributed by atoms with Gasteiger partial charge in [0, 0.05) is 12.6 Å². The summed E-state index contributed by atoms with van der Waals surface area (Å²) in [6.45, 7) is 5.46. The van der Waals surface area contributed by atoms with Gasteiger partial charge in [-0.2, -0.15) is 0 Å². The lowest BCUT2D eigenvalue weighted by Crippen LogP contribution is -2.04. The average molecular weight is 237 g/mol. The van der Waals surface area contributed by atoms with E-state index in [0.29, 0.717) is 0 Å². The lowest BCUT2D eigenvalue weighted by Gasteiger charge is -2.12. The lowest BCUT2D eigenvalue weighted by atomic mass is 10.1. The Labute approximate surface area is 104 Å². The smallest absolute Gasteiger partial charge is 0.145 e. The Kier molecular flexibility index (Phi) is 5.67. The molecular weight excluding hydrogens is 214 g/mol. The molecule has 0 heterocycles. The van der Waals surface area contributed by atoms with E-state index < -0.39 is 0 Å². The van der Waals surface area contributed by atoms with Crippen molar-refractivity contribution >= 4 is 5.69 Å². The first-order chi connectivity index (χ1) is 8.17. The van der Waals surface area contributed by atoms with Crippen LogP contribution in [0.4, 0.5) is 5.69 Å². The molecule has 0 spiro atoms. The van der Waals surface area contributed by atoms with Crippen molar-refractivity contribution in [2.45, 2.75) is 26.7 Å². The van der Waals surface area contributed by atoms with Gasteiger partial charge in [0.15, 0.2) is 0 Å². The summed E-state index contributed by atoms with van der Waals surface area (Å²) in [5.74, 6) is 2.40. The maximum absolute atomic E-state index is 5.32. The molecular formula is C14H23NO2. The summed E-state index contributed by atoms with van der Waals surface area (Å²) in [7, 11) is 3.33. The van der Waals surface area contributed by atoms with Crippen molar-refractivity contribution in [1.82, 2.24) is 0 Å². The second-order valence-corrected chi connectivity index (χ2v) is 4.53. The molecule has 17 heavy (non-hydrogen) atoms. The number of benzene rings is 1. The highest BCUT2D eigenvalue weighted by atomic mass is 16.5. The van der Waals surface area contributed by atoms with Crippen LogP contribution < -0.4 is 14.8 Å². The van der Waals surface area contributed by atoms with Gasteiger partial charge >= 0.3 is 0 Å². The van der Waals surface area contributed by atoms with Gasteiger partial charge in [0.05, 0.1) is 19.9 Å². The van der Waals surface area contributed by atoms with E-state index in [1.807, 2.05) is 18.2 Å². The molecule has 0 atom stereocenters.